The Hall–Kier alpha value is -0.710. The van der Waals surface area contributed by atoms with Gasteiger partial charge < -0.3 is 9.47 Å². The number of benzene rings is 1. The largest absolute Gasteiger partial charge is 0.370 e. The Morgan fingerprint density at radius 1 is 1.33 bits per heavy atom. The first-order valence-corrected chi connectivity index (χ1v) is 7.01. The molecule has 2 unspecified atom stereocenters. The Balaban J connectivity index is 1.84. The summed E-state index contributed by atoms with van der Waals surface area (Å²) in [6.07, 6.45) is 0.947. The summed E-state index contributed by atoms with van der Waals surface area (Å²) in [4.78, 5) is 11.4. The van der Waals surface area contributed by atoms with Gasteiger partial charge >= 0.3 is 0 Å². The zero-order chi connectivity index (χ0) is 13.0. The van der Waals surface area contributed by atoms with Crippen LogP contribution in [0.15, 0.2) is 28.7 Å². The van der Waals surface area contributed by atoms with Crippen molar-refractivity contribution in [3.05, 3.63) is 34.3 Å². The second-order valence-corrected chi connectivity index (χ2v) is 5.26. The predicted molar refractivity (Wildman–Crippen MR) is 72.4 cm³/mol. The summed E-state index contributed by atoms with van der Waals surface area (Å²) in [6.45, 7) is 3.15. The number of carbonyl (C=O) groups is 1. The first-order chi connectivity index (χ1) is 8.72. The Morgan fingerprint density at radius 2 is 2.11 bits per heavy atom. The van der Waals surface area contributed by atoms with E-state index in [4.69, 9.17) is 9.47 Å². The van der Waals surface area contributed by atoms with Gasteiger partial charge in [-0.25, -0.2) is 0 Å². The predicted octanol–water partition coefficient (Wildman–Crippen LogP) is 3.10. The fourth-order valence-electron chi connectivity index (χ4n) is 1.87. The van der Waals surface area contributed by atoms with Gasteiger partial charge in [-0.05, 0) is 18.1 Å². The van der Waals surface area contributed by atoms with Gasteiger partial charge in [-0.1, -0.05) is 41.1 Å². The average Bonchev–Trinajstić information content (AvgIpc) is 2.36. The molecule has 98 valence electrons. The minimum absolute atomic E-state index is 0.0869. The number of ether oxygens (including phenoxy) is 2. The molecule has 18 heavy (non-hydrogen) atoms. The topological polar surface area (TPSA) is 35.5 Å². The van der Waals surface area contributed by atoms with Crippen molar-refractivity contribution in [1.29, 1.82) is 0 Å². The van der Waals surface area contributed by atoms with E-state index in [-0.39, 0.29) is 18.0 Å². The van der Waals surface area contributed by atoms with Gasteiger partial charge in [0.15, 0.2) is 5.78 Å². The van der Waals surface area contributed by atoms with E-state index in [1.165, 1.54) is 0 Å². The van der Waals surface area contributed by atoms with Crippen LogP contribution in [0, 0.1) is 0 Å². The number of ketones is 1. The maximum atomic E-state index is 11.4. The molecule has 4 heteroatoms. The van der Waals surface area contributed by atoms with Crippen LogP contribution in [0.25, 0.3) is 0 Å². The van der Waals surface area contributed by atoms with Crippen molar-refractivity contribution in [2.75, 3.05) is 6.61 Å². The summed E-state index contributed by atoms with van der Waals surface area (Å²) >= 11 is 3.48. The molecule has 0 heterocycles. The number of Topliss-reactive ketones (excluding diaryl/α,β-unsaturated/α-hetero) is 1. The van der Waals surface area contributed by atoms with Crippen LogP contribution in [-0.4, -0.2) is 24.6 Å². The molecule has 1 saturated carbocycles. The zero-order valence-corrected chi connectivity index (χ0v) is 12.0. The number of hydrogen-bond donors (Lipinski definition) is 0. The van der Waals surface area contributed by atoms with Crippen molar-refractivity contribution in [1.82, 2.24) is 0 Å². The molecule has 1 aromatic carbocycles. The van der Waals surface area contributed by atoms with Crippen LogP contribution in [0.1, 0.15) is 25.3 Å². The molecule has 2 rings (SSSR count). The minimum Gasteiger partial charge on any atom is -0.370 e. The zero-order valence-electron chi connectivity index (χ0n) is 10.4. The van der Waals surface area contributed by atoms with Crippen molar-refractivity contribution < 1.29 is 14.3 Å². The van der Waals surface area contributed by atoms with Crippen molar-refractivity contribution >= 4 is 21.7 Å². The second kappa shape index (κ2) is 6.45. The lowest BCUT2D eigenvalue weighted by Gasteiger charge is -2.34. The molecular formula is C14H17BrO3. The molecule has 0 radical (unpaired) electrons. The Bertz CT molecular complexity index is 419. The lowest BCUT2D eigenvalue weighted by Crippen LogP contribution is -2.50. The highest BCUT2D eigenvalue weighted by atomic mass is 79.9. The fourth-order valence-corrected chi connectivity index (χ4v) is 2.27. The van der Waals surface area contributed by atoms with Crippen molar-refractivity contribution in [3.8, 4) is 0 Å². The van der Waals surface area contributed by atoms with Crippen LogP contribution in [0.3, 0.4) is 0 Å². The van der Waals surface area contributed by atoms with Crippen molar-refractivity contribution in [2.45, 2.75) is 38.6 Å². The van der Waals surface area contributed by atoms with E-state index in [2.05, 4.69) is 15.9 Å². The molecule has 0 amide bonds. The first kappa shape index (κ1) is 13.7. The molecule has 0 bridgehead atoms. The molecular weight excluding hydrogens is 296 g/mol. The quantitative estimate of drug-likeness (QED) is 0.809. The molecule has 0 aromatic heterocycles. The second-order valence-electron chi connectivity index (χ2n) is 4.40. The highest BCUT2D eigenvalue weighted by Crippen LogP contribution is 2.25. The van der Waals surface area contributed by atoms with Crippen LogP contribution >= 0.6 is 15.9 Å². The Kier molecular flexibility index (Phi) is 4.92. The van der Waals surface area contributed by atoms with Crippen LogP contribution in [-0.2, 0) is 20.9 Å². The molecule has 0 saturated heterocycles. The summed E-state index contributed by atoms with van der Waals surface area (Å²) in [5, 5.41) is 0. The van der Waals surface area contributed by atoms with Gasteiger partial charge in [0.2, 0.25) is 0 Å². The highest BCUT2D eigenvalue weighted by Gasteiger charge is 2.41. The van der Waals surface area contributed by atoms with E-state index in [0.717, 1.165) is 16.5 Å². The molecule has 0 spiro atoms. The highest BCUT2D eigenvalue weighted by molar-refractivity contribution is 9.10. The fraction of sp³-hybridized carbons (Fsp3) is 0.500. The van der Waals surface area contributed by atoms with Gasteiger partial charge in [0.1, 0.15) is 6.10 Å². The number of rotatable bonds is 6. The molecule has 0 N–H and O–H groups in total. The smallest absolute Gasteiger partial charge is 0.166 e. The number of hydrogen-bond acceptors (Lipinski definition) is 3. The standard InChI is InChI=1S/C14H17BrO3/c1-2-7-17-14-12(16)8-13(14)18-9-10-5-3-4-6-11(10)15/h3-6,13-14H,2,7-9H2,1H3. The molecule has 1 aliphatic rings. The summed E-state index contributed by atoms with van der Waals surface area (Å²) in [5.41, 5.74) is 1.09. The van der Waals surface area contributed by atoms with Gasteiger partial charge in [-0.2, -0.15) is 0 Å². The summed E-state index contributed by atoms with van der Waals surface area (Å²) in [7, 11) is 0. The van der Waals surface area contributed by atoms with E-state index in [0.29, 0.717) is 19.6 Å². The normalized spacial score (nSPS) is 22.9. The lowest BCUT2D eigenvalue weighted by atomic mass is 9.90. The maximum Gasteiger partial charge on any atom is 0.166 e. The van der Waals surface area contributed by atoms with Gasteiger partial charge in [0.05, 0.1) is 12.7 Å². The van der Waals surface area contributed by atoms with Gasteiger partial charge in [0.25, 0.3) is 0 Å². The SMILES string of the molecule is CCCOC1C(=O)CC1OCc1ccccc1Br. The minimum atomic E-state index is -0.354. The third-order valence-corrected chi connectivity index (χ3v) is 3.74. The average molecular weight is 313 g/mol. The third kappa shape index (κ3) is 3.19. The van der Waals surface area contributed by atoms with Gasteiger partial charge in [-0.3, -0.25) is 4.79 Å². The van der Waals surface area contributed by atoms with Crippen LogP contribution < -0.4 is 0 Å². The molecule has 2 atom stereocenters. The molecule has 3 nitrogen and oxygen atoms in total. The monoisotopic (exact) mass is 312 g/mol. The lowest BCUT2D eigenvalue weighted by molar-refractivity contribution is -0.167. The third-order valence-electron chi connectivity index (χ3n) is 2.97. The Labute approximate surface area is 116 Å². The van der Waals surface area contributed by atoms with Crippen LogP contribution in [0.4, 0.5) is 0 Å². The van der Waals surface area contributed by atoms with Crippen LogP contribution in [0.2, 0.25) is 0 Å². The molecule has 1 aliphatic carbocycles. The van der Waals surface area contributed by atoms with E-state index < -0.39 is 0 Å². The number of halogens is 1. The molecule has 1 aromatic rings. The maximum absolute atomic E-state index is 11.4. The molecule has 1 fully saturated rings. The first-order valence-electron chi connectivity index (χ1n) is 6.21. The summed E-state index contributed by atoms with van der Waals surface area (Å²) < 4.78 is 12.3. The van der Waals surface area contributed by atoms with Gasteiger partial charge in [-0.15, -0.1) is 0 Å². The summed E-state index contributed by atoms with van der Waals surface area (Å²) in [5.74, 6) is 0.153. The Morgan fingerprint density at radius 3 is 2.78 bits per heavy atom. The van der Waals surface area contributed by atoms with Crippen molar-refractivity contribution in [2.24, 2.45) is 0 Å². The number of carbonyl (C=O) groups excluding carboxylic acids is 1. The van der Waals surface area contributed by atoms with E-state index in [1.807, 2.05) is 31.2 Å². The van der Waals surface area contributed by atoms with Crippen molar-refractivity contribution in [3.63, 3.8) is 0 Å². The van der Waals surface area contributed by atoms with Gasteiger partial charge in [0, 0.05) is 17.5 Å². The van der Waals surface area contributed by atoms with Crippen LogP contribution in [0.5, 0.6) is 0 Å². The van der Waals surface area contributed by atoms with E-state index in [1.54, 1.807) is 0 Å². The molecule has 0 aliphatic heterocycles. The van der Waals surface area contributed by atoms with E-state index in [9.17, 15) is 4.79 Å². The van der Waals surface area contributed by atoms with E-state index >= 15 is 0 Å². The summed E-state index contributed by atoms with van der Waals surface area (Å²) in [6, 6.07) is 7.93.